The SMILES string of the molecule is O=C(/C=C/c1cccc(OC[C@H](Cc2c[nH]c3ccccc23)NC(=O)c2cccc(Cl)c2)c1)NO. The summed E-state index contributed by atoms with van der Waals surface area (Å²) in [4.78, 5) is 27.4. The molecule has 4 aromatic rings. The molecule has 0 unspecified atom stereocenters. The Labute approximate surface area is 207 Å². The summed E-state index contributed by atoms with van der Waals surface area (Å²) in [5, 5.41) is 13.3. The number of H-pyrrole nitrogens is 1. The predicted molar refractivity (Wildman–Crippen MR) is 136 cm³/mol. The van der Waals surface area contributed by atoms with Gasteiger partial charge in [0.25, 0.3) is 11.8 Å². The van der Waals surface area contributed by atoms with Crippen LogP contribution in [0.2, 0.25) is 5.02 Å². The molecule has 0 saturated heterocycles. The van der Waals surface area contributed by atoms with Gasteiger partial charge in [0.15, 0.2) is 0 Å². The van der Waals surface area contributed by atoms with E-state index in [9.17, 15) is 9.59 Å². The number of aromatic amines is 1. The minimum absolute atomic E-state index is 0.218. The Balaban J connectivity index is 1.51. The minimum Gasteiger partial charge on any atom is -0.491 e. The van der Waals surface area contributed by atoms with Crippen molar-refractivity contribution < 1.29 is 19.5 Å². The number of carbonyl (C=O) groups is 2. The smallest absolute Gasteiger partial charge is 0.267 e. The van der Waals surface area contributed by atoms with Gasteiger partial charge in [0, 0.05) is 33.8 Å². The third-order valence-electron chi connectivity index (χ3n) is 5.41. The van der Waals surface area contributed by atoms with Crippen molar-refractivity contribution in [2.24, 2.45) is 0 Å². The number of hydrogen-bond donors (Lipinski definition) is 4. The predicted octanol–water partition coefficient (Wildman–Crippen LogP) is 4.76. The fourth-order valence-corrected chi connectivity index (χ4v) is 3.92. The van der Waals surface area contributed by atoms with Gasteiger partial charge in [-0.1, -0.05) is 48.0 Å². The molecule has 8 heteroatoms. The standard InChI is InChI=1S/C27H24ClN3O4/c28-21-7-4-6-19(14-21)27(33)30-22(15-20-16-29-25-10-2-1-9-24(20)25)17-35-23-8-3-5-18(13-23)11-12-26(32)31-34/h1-14,16,22,29,34H,15,17H2,(H,30,33)(H,31,32)/b12-11+/t22-/m0/s1. The maximum Gasteiger partial charge on any atom is 0.267 e. The van der Waals surface area contributed by atoms with Crippen molar-refractivity contribution >= 4 is 40.4 Å². The van der Waals surface area contributed by atoms with E-state index in [1.165, 1.54) is 6.08 Å². The van der Waals surface area contributed by atoms with Crippen LogP contribution in [0.15, 0.2) is 85.1 Å². The number of hydrogen-bond acceptors (Lipinski definition) is 4. The van der Waals surface area contributed by atoms with Crippen LogP contribution in [0.3, 0.4) is 0 Å². The molecule has 178 valence electrons. The average Bonchev–Trinajstić information content (AvgIpc) is 3.28. The number of rotatable bonds is 9. The highest BCUT2D eigenvalue weighted by molar-refractivity contribution is 6.30. The summed E-state index contributed by atoms with van der Waals surface area (Å²) in [6.45, 7) is 0.218. The highest BCUT2D eigenvalue weighted by Crippen LogP contribution is 2.21. The van der Waals surface area contributed by atoms with Crippen molar-refractivity contribution in [1.82, 2.24) is 15.8 Å². The Morgan fingerprint density at radius 2 is 1.89 bits per heavy atom. The first-order valence-electron chi connectivity index (χ1n) is 11.0. The van der Waals surface area contributed by atoms with Crippen LogP contribution in [-0.2, 0) is 11.2 Å². The van der Waals surface area contributed by atoms with Gasteiger partial charge >= 0.3 is 0 Å². The van der Waals surface area contributed by atoms with Crippen molar-refractivity contribution in [3.63, 3.8) is 0 Å². The number of para-hydroxylation sites is 1. The second-order valence-corrected chi connectivity index (χ2v) is 8.37. The topological polar surface area (TPSA) is 103 Å². The molecule has 7 nitrogen and oxygen atoms in total. The third-order valence-corrected chi connectivity index (χ3v) is 5.64. The van der Waals surface area contributed by atoms with Gasteiger partial charge in [-0.2, -0.15) is 0 Å². The molecule has 1 atom stereocenters. The number of halogens is 1. The lowest BCUT2D eigenvalue weighted by molar-refractivity contribution is -0.124. The maximum atomic E-state index is 12.9. The molecule has 3 aromatic carbocycles. The van der Waals surface area contributed by atoms with Gasteiger partial charge in [-0.25, -0.2) is 5.48 Å². The van der Waals surface area contributed by atoms with Crippen LogP contribution >= 0.6 is 11.6 Å². The van der Waals surface area contributed by atoms with Crippen LogP contribution in [0, 0.1) is 0 Å². The highest BCUT2D eigenvalue weighted by Gasteiger charge is 2.18. The summed E-state index contributed by atoms with van der Waals surface area (Å²) in [5.74, 6) is -0.288. The number of aromatic nitrogens is 1. The van der Waals surface area contributed by atoms with Crippen LogP contribution in [0.1, 0.15) is 21.5 Å². The molecule has 0 saturated carbocycles. The number of hydroxylamine groups is 1. The zero-order valence-corrected chi connectivity index (χ0v) is 19.5. The largest absolute Gasteiger partial charge is 0.491 e. The Morgan fingerprint density at radius 1 is 1.06 bits per heavy atom. The van der Waals surface area contributed by atoms with Crippen LogP contribution in [0.25, 0.3) is 17.0 Å². The lowest BCUT2D eigenvalue weighted by Crippen LogP contribution is -2.40. The molecule has 1 aromatic heterocycles. The molecular weight excluding hydrogens is 466 g/mol. The van der Waals surface area contributed by atoms with E-state index >= 15 is 0 Å². The van der Waals surface area contributed by atoms with Crippen LogP contribution in [0.5, 0.6) is 5.75 Å². The van der Waals surface area contributed by atoms with E-state index in [0.29, 0.717) is 22.8 Å². The Kier molecular flexibility index (Phi) is 7.82. The van der Waals surface area contributed by atoms with Crippen LogP contribution in [-0.4, -0.2) is 34.7 Å². The maximum absolute atomic E-state index is 12.9. The quantitative estimate of drug-likeness (QED) is 0.154. The van der Waals surface area contributed by atoms with Crippen molar-refractivity contribution in [2.45, 2.75) is 12.5 Å². The molecule has 0 aliphatic rings. The van der Waals surface area contributed by atoms with Gasteiger partial charge in [-0.05, 0) is 60.0 Å². The van der Waals surface area contributed by atoms with Crippen molar-refractivity contribution in [3.05, 3.63) is 107 Å². The number of carbonyl (C=O) groups excluding carboxylic acids is 2. The lowest BCUT2D eigenvalue weighted by Gasteiger charge is -2.20. The summed E-state index contributed by atoms with van der Waals surface area (Å²) < 4.78 is 6.03. The van der Waals surface area contributed by atoms with Crippen LogP contribution < -0.4 is 15.5 Å². The first-order chi connectivity index (χ1) is 17.0. The second-order valence-electron chi connectivity index (χ2n) is 7.94. The Bertz CT molecular complexity index is 1370. The molecular formula is C27H24ClN3O4. The first kappa shape index (κ1) is 24.1. The van der Waals surface area contributed by atoms with Gasteiger partial charge in [-0.15, -0.1) is 0 Å². The molecule has 0 fully saturated rings. The molecule has 4 N–H and O–H groups in total. The fraction of sp³-hybridized carbons (Fsp3) is 0.111. The van der Waals surface area contributed by atoms with E-state index in [0.717, 1.165) is 22.0 Å². The Morgan fingerprint density at radius 3 is 2.71 bits per heavy atom. The molecule has 35 heavy (non-hydrogen) atoms. The van der Waals surface area contributed by atoms with E-state index < -0.39 is 5.91 Å². The number of fused-ring (bicyclic) bond motifs is 1. The van der Waals surface area contributed by atoms with Gasteiger partial charge < -0.3 is 15.0 Å². The monoisotopic (exact) mass is 489 g/mol. The average molecular weight is 490 g/mol. The van der Waals surface area contributed by atoms with Crippen molar-refractivity contribution in [3.8, 4) is 5.75 Å². The molecule has 0 radical (unpaired) electrons. The molecule has 0 aliphatic heterocycles. The summed E-state index contributed by atoms with van der Waals surface area (Å²) >= 11 is 6.06. The number of nitrogens with one attached hydrogen (secondary N) is 3. The molecule has 0 bridgehead atoms. The molecule has 2 amide bonds. The number of amides is 2. The van der Waals surface area contributed by atoms with Gasteiger partial charge in [0.05, 0.1) is 6.04 Å². The van der Waals surface area contributed by atoms with E-state index in [1.807, 2.05) is 30.5 Å². The van der Waals surface area contributed by atoms with Crippen LogP contribution in [0.4, 0.5) is 0 Å². The lowest BCUT2D eigenvalue weighted by atomic mass is 10.0. The third kappa shape index (κ3) is 6.50. The van der Waals surface area contributed by atoms with E-state index in [4.69, 9.17) is 21.5 Å². The second kappa shape index (κ2) is 11.4. The first-order valence-corrected chi connectivity index (χ1v) is 11.4. The van der Waals surface area contributed by atoms with Gasteiger partial charge in [0.2, 0.25) is 0 Å². The molecule has 4 rings (SSSR count). The van der Waals surface area contributed by atoms with Gasteiger partial charge in [-0.3, -0.25) is 14.8 Å². The molecule has 1 heterocycles. The van der Waals surface area contributed by atoms with Crippen molar-refractivity contribution in [2.75, 3.05) is 6.61 Å². The summed E-state index contributed by atoms with van der Waals surface area (Å²) in [6, 6.07) is 21.6. The number of ether oxygens (including phenoxy) is 1. The van der Waals surface area contributed by atoms with Gasteiger partial charge in [0.1, 0.15) is 12.4 Å². The zero-order chi connectivity index (χ0) is 24.6. The summed E-state index contributed by atoms with van der Waals surface area (Å²) in [7, 11) is 0. The minimum atomic E-state index is -0.626. The Hall–Kier alpha value is -4.07. The molecule has 0 spiro atoms. The van der Waals surface area contributed by atoms with E-state index in [1.54, 1.807) is 60.1 Å². The van der Waals surface area contributed by atoms with Crippen molar-refractivity contribution in [1.29, 1.82) is 0 Å². The zero-order valence-electron chi connectivity index (χ0n) is 18.7. The highest BCUT2D eigenvalue weighted by atomic mass is 35.5. The van der Waals surface area contributed by atoms with E-state index in [-0.39, 0.29) is 18.6 Å². The normalized spacial score (nSPS) is 11.9. The summed E-state index contributed by atoms with van der Waals surface area (Å²) in [6.07, 6.45) is 5.26. The molecule has 0 aliphatic carbocycles. The fourth-order valence-electron chi connectivity index (χ4n) is 3.73. The summed E-state index contributed by atoms with van der Waals surface area (Å²) in [5.41, 5.74) is 4.83. The number of benzene rings is 3. The van der Waals surface area contributed by atoms with E-state index in [2.05, 4.69) is 10.3 Å².